The van der Waals surface area contributed by atoms with E-state index in [9.17, 15) is 33.9 Å². The highest BCUT2D eigenvalue weighted by Gasteiger charge is 2.43. The standard InChI is InChI=1S/C26H22N2O4.C24H21NO4.C18H19NO.C17H17NO2.C16H16O3.C9H9NO2/c1-27-16-23(20-12-14-22(15-13-20)31-17-19-8-4-2-5-9-19)25(29)28-24(18-32-26(28)30)21-10-6-3-7-11-21;26-23(25-22(17-29-24(25)27)20-9-5-2-6-10-20)15-18-11-13-21(14-12-18)28-16-19-7-3-1-4-8-19;1-3-16(13-19-2)17-9-11-18(12-10-17)20-14-15-7-5-4-6-8-15;1-18-11-16(12-19)15-7-9-17(10-8-15)20-13-14-5-3-2-4-6-14;17-16(18)11-8-13-6-9-15(10-7-13)19-12-14-4-2-1-3-5-14;11-9-10-8(6-12-9)7-4-2-1-3-5-7/h2-15,23-24H,16-18H2;1-14,22H,15-17H2;4-12,16H,3,13-14H2,1H3;2-10,16,19H,11-13H2;1-7,9-10H,8,11-12H2,(H,17,18);1-5,8H,6H2,(H,10,11)/t23?,24-;22-;2*16-;;8-/m0010.0/s1. The van der Waals surface area contributed by atoms with Crippen molar-refractivity contribution in [2.45, 2.75) is 102 Å². The van der Waals surface area contributed by atoms with Crippen molar-refractivity contribution in [2.24, 2.45) is 0 Å². The molecule has 13 aromatic rings. The summed E-state index contributed by atoms with van der Waals surface area (Å²) in [5.41, 5.74) is 13.0. The molecule has 22 nitrogen and oxygen atoms in total. The van der Waals surface area contributed by atoms with Gasteiger partial charge in [0.15, 0.2) is 0 Å². The lowest BCUT2D eigenvalue weighted by molar-refractivity contribution is -0.137. The van der Waals surface area contributed by atoms with Gasteiger partial charge in [-0.3, -0.25) is 14.4 Å². The molecule has 16 rings (SSSR count). The molecule has 3 N–H and O–H groups in total. The molecular weight excluding hydrogens is 1660 g/mol. The predicted molar refractivity (Wildman–Crippen MR) is 504 cm³/mol. The summed E-state index contributed by atoms with van der Waals surface area (Å²) in [6.07, 6.45) is 0.222. The fraction of sp³-hybridized carbons (Fsp3) is 0.209. The Hall–Kier alpha value is -16.1. The number of carbonyl (C=O) groups is 6. The lowest BCUT2D eigenvalue weighted by Gasteiger charge is -2.23. The van der Waals surface area contributed by atoms with Crippen LogP contribution in [0.25, 0.3) is 14.5 Å². The summed E-state index contributed by atoms with van der Waals surface area (Å²) in [5, 5.41) is 20.6. The number of ether oxygens (including phenoxy) is 8. The highest BCUT2D eigenvalue weighted by molar-refractivity contribution is 5.98. The summed E-state index contributed by atoms with van der Waals surface area (Å²) in [7, 11) is 0. The largest absolute Gasteiger partial charge is 0.489 e. The van der Waals surface area contributed by atoms with Crippen molar-refractivity contribution in [1.82, 2.24) is 15.1 Å². The van der Waals surface area contributed by atoms with E-state index in [1.165, 1.54) is 10.5 Å². The van der Waals surface area contributed by atoms with E-state index in [0.717, 1.165) is 95.5 Å². The van der Waals surface area contributed by atoms with Gasteiger partial charge in [-0.1, -0.05) is 310 Å². The summed E-state index contributed by atoms with van der Waals surface area (Å²) >= 11 is 0. The van der Waals surface area contributed by atoms with Crippen molar-refractivity contribution in [2.75, 3.05) is 46.1 Å². The molecule has 22 heteroatoms. The van der Waals surface area contributed by atoms with Crippen molar-refractivity contribution in [3.8, 4) is 28.7 Å². The van der Waals surface area contributed by atoms with Gasteiger partial charge >= 0.3 is 24.2 Å². The van der Waals surface area contributed by atoms with Gasteiger partial charge in [0.05, 0.1) is 30.9 Å². The maximum Gasteiger partial charge on any atom is 0.417 e. The number of carboxylic acid groups (broad SMARTS) is 1. The number of rotatable bonds is 32. The van der Waals surface area contributed by atoms with Crippen molar-refractivity contribution in [1.29, 1.82) is 0 Å². The van der Waals surface area contributed by atoms with Gasteiger partial charge in [0.1, 0.15) is 99.6 Å². The molecule has 6 atom stereocenters. The number of aryl methyl sites for hydroxylation is 1. The van der Waals surface area contributed by atoms with Gasteiger partial charge in [-0.15, -0.1) is 0 Å². The SMILES string of the molecule is O=C(Cc1ccc(OCc2ccccc2)cc1)N1C(=O)OC[C@H]1c1ccccc1.O=C(O)CCc1ccc(OCc2ccccc2)cc1.O=C1N[C@H](c2ccccc2)CO1.[C-]#[N+]CC(C(=O)N1C(=O)OC[C@H]1c1ccccc1)c1ccc(OCc2ccccc2)cc1.[C-]#[N+]C[C@@H](CC)c1ccc(OCc2ccccc2)cc1.[C-]#[N+]C[C@@H](CO)c1ccc(OCc2ccccc2)cc1. The monoisotopic (exact) mass is 1760 g/mol. The summed E-state index contributed by atoms with van der Waals surface area (Å²) in [4.78, 5) is 84.5. The normalized spacial score (nSPS) is 14.3. The Morgan fingerprint density at radius 2 is 0.697 bits per heavy atom. The number of aliphatic hydroxyl groups excluding tert-OH is 1. The minimum Gasteiger partial charge on any atom is -0.489 e. The van der Waals surface area contributed by atoms with Crippen LogP contribution < -0.4 is 29.0 Å². The van der Waals surface area contributed by atoms with Crippen LogP contribution in [0.5, 0.6) is 28.7 Å². The molecule has 3 aliphatic rings. The van der Waals surface area contributed by atoms with Crippen molar-refractivity contribution < 1.29 is 76.9 Å². The average Bonchev–Trinajstić information content (AvgIpc) is 1.65. The fourth-order valence-corrected chi connectivity index (χ4v) is 14.1. The number of hydrogen-bond donors (Lipinski definition) is 3. The van der Waals surface area contributed by atoms with Gasteiger partial charge < -0.3 is 68.0 Å². The number of carboxylic acids is 1. The zero-order valence-corrected chi connectivity index (χ0v) is 73.3. The maximum absolute atomic E-state index is 13.4. The first-order valence-corrected chi connectivity index (χ1v) is 43.3. The number of hydrogen-bond acceptors (Lipinski definition) is 15. The minimum atomic E-state index is -0.774. The Labute approximate surface area is 770 Å². The molecule has 0 radical (unpaired) electrons. The third kappa shape index (κ3) is 31.2. The summed E-state index contributed by atoms with van der Waals surface area (Å²) in [5.74, 6) is 1.80. The Kier molecular flexibility index (Phi) is 38.7. The number of nitrogens with zero attached hydrogens (tertiary/aromatic N) is 5. The second-order valence-electron chi connectivity index (χ2n) is 30.7. The number of cyclic esters (lactones) is 3. The zero-order valence-electron chi connectivity index (χ0n) is 73.3. The first kappa shape index (κ1) is 96.5. The summed E-state index contributed by atoms with van der Waals surface area (Å²) in [6, 6.07) is 115. The minimum absolute atomic E-state index is 0.00734. The number of imide groups is 2. The number of benzene rings is 13. The molecule has 670 valence electrons. The van der Waals surface area contributed by atoms with Crippen molar-refractivity contribution in [3.63, 3.8) is 0 Å². The van der Waals surface area contributed by atoms with Crippen LogP contribution in [0.2, 0.25) is 0 Å². The van der Waals surface area contributed by atoms with Gasteiger partial charge in [-0.05, 0) is 146 Å². The van der Waals surface area contributed by atoms with E-state index in [1.54, 1.807) is 24.3 Å². The number of alkyl carbamates (subject to hydrolysis) is 1. The summed E-state index contributed by atoms with van der Waals surface area (Å²) in [6.45, 7) is 27.4. The third-order valence-electron chi connectivity index (χ3n) is 21.5. The van der Waals surface area contributed by atoms with Gasteiger partial charge in [-0.25, -0.2) is 43.9 Å². The average molecular weight is 1770 g/mol. The van der Waals surface area contributed by atoms with Gasteiger partial charge in [-0.2, -0.15) is 0 Å². The maximum atomic E-state index is 13.4. The lowest BCUT2D eigenvalue weighted by Crippen LogP contribution is -2.38. The molecule has 3 aliphatic heterocycles. The molecule has 0 aromatic heterocycles. The van der Waals surface area contributed by atoms with E-state index in [4.69, 9.17) is 62.7 Å². The zero-order chi connectivity index (χ0) is 92.7. The van der Waals surface area contributed by atoms with E-state index in [0.29, 0.717) is 76.4 Å². The van der Waals surface area contributed by atoms with E-state index < -0.39 is 36.0 Å². The van der Waals surface area contributed by atoms with Crippen LogP contribution in [-0.4, -0.2) is 102 Å². The van der Waals surface area contributed by atoms with Crippen LogP contribution in [0.3, 0.4) is 0 Å². The number of carbonyl (C=O) groups excluding carboxylic acids is 5. The second kappa shape index (κ2) is 52.9. The first-order valence-electron chi connectivity index (χ1n) is 43.3. The molecule has 0 aliphatic carbocycles. The third-order valence-corrected chi connectivity index (χ3v) is 21.5. The quantitative estimate of drug-likeness (QED) is 0.0262. The number of aliphatic carboxylic acids is 1. The van der Waals surface area contributed by atoms with Crippen molar-refractivity contribution >= 4 is 36.1 Å². The fourth-order valence-electron chi connectivity index (χ4n) is 14.1. The van der Waals surface area contributed by atoms with Crippen molar-refractivity contribution in [3.05, 3.63) is 471 Å². The number of nitrogens with one attached hydrogen (secondary N) is 1. The van der Waals surface area contributed by atoms with Crippen LogP contribution in [0.1, 0.15) is 128 Å². The van der Waals surface area contributed by atoms with Crippen LogP contribution in [0, 0.1) is 19.7 Å². The first-order chi connectivity index (χ1) is 64.6. The second-order valence-corrected chi connectivity index (χ2v) is 30.7. The molecule has 3 fully saturated rings. The molecule has 3 saturated heterocycles. The van der Waals surface area contributed by atoms with E-state index in [1.807, 2.05) is 315 Å². The van der Waals surface area contributed by atoms with E-state index in [-0.39, 0.29) is 69.2 Å². The molecule has 0 bridgehead atoms. The van der Waals surface area contributed by atoms with Crippen LogP contribution >= 0.6 is 0 Å². The highest BCUT2D eigenvalue weighted by Crippen LogP contribution is 2.35. The van der Waals surface area contributed by atoms with Gasteiger partial charge in [0.25, 0.3) is 0 Å². The Morgan fingerprint density at radius 3 is 1.04 bits per heavy atom. The Morgan fingerprint density at radius 1 is 0.379 bits per heavy atom. The molecular formula is C110H104N6O16. The smallest absolute Gasteiger partial charge is 0.417 e. The molecule has 3 heterocycles. The van der Waals surface area contributed by atoms with Crippen LogP contribution in [0.15, 0.2) is 364 Å². The molecule has 132 heavy (non-hydrogen) atoms. The highest BCUT2D eigenvalue weighted by atomic mass is 16.6. The Bertz CT molecular complexity index is 5700. The molecule has 0 saturated carbocycles. The van der Waals surface area contributed by atoms with Gasteiger partial charge in [0.2, 0.25) is 31.4 Å². The molecule has 0 spiro atoms. The predicted octanol–water partition coefficient (Wildman–Crippen LogP) is 22.2. The topological polar surface area (TPSA) is 248 Å². The summed E-state index contributed by atoms with van der Waals surface area (Å²) < 4.78 is 43.8. The van der Waals surface area contributed by atoms with Crippen LogP contribution in [0.4, 0.5) is 14.4 Å². The Balaban J connectivity index is 0.000000156. The molecule has 1 unspecified atom stereocenters. The van der Waals surface area contributed by atoms with Gasteiger partial charge in [0, 0.05) is 6.42 Å². The van der Waals surface area contributed by atoms with E-state index in [2.05, 4.69) is 51.0 Å². The van der Waals surface area contributed by atoms with E-state index >= 15 is 0 Å². The number of amides is 5. The molecule has 5 amide bonds. The lowest BCUT2D eigenvalue weighted by atomic mass is 9.96. The number of aliphatic hydroxyl groups is 1. The molecule has 13 aromatic carbocycles. The van der Waals surface area contributed by atoms with Crippen LogP contribution in [-0.2, 0) is 74.5 Å².